The number of carbonyl (C=O) groups is 1. The lowest BCUT2D eigenvalue weighted by molar-refractivity contribution is -0.110. The first-order valence-corrected chi connectivity index (χ1v) is 2.84. The molecule has 0 spiro atoms. The quantitative estimate of drug-likeness (QED) is 0.466. The summed E-state index contributed by atoms with van der Waals surface area (Å²) in [5, 5.41) is 6.71. The number of ketones is 1. The van der Waals surface area contributed by atoms with Crippen molar-refractivity contribution in [2.24, 2.45) is 4.40 Å². The largest absolute Gasteiger partial charge is 0.294 e. The molecule has 0 saturated carbocycles. The minimum absolute atomic E-state index is 0.175. The van der Waals surface area contributed by atoms with Gasteiger partial charge in [0, 0.05) is 6.92 Å². The van der Waals surface area contributed by atoms with E-state index in [1.165, 1.54) is 6.92 Å². The molecule has 0 saturated heterocycles. The Kier molecular flexibility index (Phi) is 3.49. The first-order chi connectivity index (χ1) is 4.09. The van der Waals surface area contributed by atoms with Crippen molar-refractivity contribution in [3.05, 3.63) is 0 Å². The Hall–Kier alpha value is -0.350. The second-order valence-electron chi connectivity index (χ2n) is 1.32. The Morgan fingerprint density at radius 1 is 1.78 bits per heavy atom. The van der Waals surface area contributed by atoms with Gasteiger partial charge in [0.1, 0.15) is 5.71 Å². The standard InChI is InChI=1S/C4H5ClN2OS/c1-2(8)3(6)4(5)7-9/h6,9H,1H3. The molecule has 3 nitrogen and oxygen atoms in total. The maximum atomic E-state index is 10.3. The van der Waals surface area contributed by atoms with Crippen LogP contribution in [0.15, 0.2) is 4.40 Å². The van der Waals surface area contributed by atoms with E-state index in [4.69, 9.17) is 17.0 Å². The van der Waals surface area contributed by atoms with Gasteiger partial charge in [0.15, 0.2) is 11.0 Å². The molecule has 0 aliphatic rings. The number of nitrogens with zero attached hydrogens (tertiary/aromatic N) is 1. The SMILES string of the molecule is CC(=O)C(=N)C(Cl)=NS. The molecule has 0 aromatic carbocycles. The Balaban J connectivity index is 4.23. The summed E-state index contributed by atoms with van der Waals surface area (Å²) >= 11 is 8.65. The second kappa shape index (κ2) is 3.63. The molecule has 0 aliphatic heterocycles. The molecule has 5 heteroatoms. The van der Waals surface area contributed by atoms with Crippen molar-refractivity contribution < 1.29 is 4.79 Å². The zero-order chi connectivity index (χ0) is 7.44. The molecule has 0 radical (unpaired) electrons. The van der Waals surface area contributed by atoms with Gasteiger partial charge in [0.2, 0.25) is 0 Å². The molecule has 0 amide bonds. The van der Waals surface area contributed by atoms with Crippen LogP contribution in [-0.4, -0.2) is 16.7 Å². The molecule has 0 heterocycles. The molecule has 0 unspecified atom stereocenters. The number of Topliss-reactive ketones (excluding diaryl/α,β-unsaturated/α-hetero) is 1. The van der Waals surface area contributed by atoms with E-state index >= 15 is 0 Å². The Labute approximate surface area is 63.2 Å². The van der Waals surface area contributed by atoms with Gasteiger partial charge in [-0.15, -0.1) is 0 Å². The molecule has 0 aromatic rings. The van der Waals surface area contributed by atoms with Gasteiger partial charge >= 0.3 is 0 Å². The topological polar surface area (TPSA) is 53.3 Å². The highest BCUT2D eigenvalue weighted by Crippen LogP contribution is 1.92. The zero-order valence-corrected chi connectivity index (χ0v) is 6.33. The molecule has 0 aliphatic carbocycles. The number of thiol groups is 1. The van der Waals surface area contributed by atoms with Crippen LogP contribution in [0, 0.1) is 5.41 Å². The maximum absolute atomic E-state index is 10.3. The fourth-order valence-corrected chi connectivity index (χ4v) is 0.428. The Morgan fingerprint density at radius 2 is 2.22 bits per heavy atom. The minimum Gasteiger partial charge on any atom is -0.294 e. The lowest BCUT2D eigenvalue weighted by Crippen LogP contribution is -2.14. The van der Waals surface area contributed by atoms with E-state index in [0.717, 1.165) is 0 Å². The summed E-state index contributed by atoms with van der Waals surface area (Å²) in [4.78, 5) is 10.3. The van der Waals surface area contributed by atoms with Crippen molar-refractivity contribution in [3.63, 3.8) is 0 Å². The molecular weight excluding hydrogens is 160 g/mol. The summed E-state index contributed by atoms with van der Waals surface area (Å²) < 4.78 is 3.14. The van der Waals surface area contributed by atoms with Crippen molar-refractivity contribution in [3.8, 4) is 0 Å². The molecule has 1 N–H and O–H groups in total. The van der Waals surface area contributed by atoms with Crippen LogP contribution >= 0.6 is 24.4 Å². The van der Waals surface area contributed by atoms with E-state index in [2.05, 4.69) is 17.2 Å². The van der Waals surface area contributed by atoms with Crippen molar-refractivity contribution in [2.75, 3.05) is 0 Å². The van der Waals surface area contributed by atoms with E-state index in [-0.39, 0.29) is 10.9 Å². The molecule has 0 fully saturated rings. The van der Waals surface area contributed by atoms with E-state index in [1.807, 2.05) is 0 Å². The molecule has 0 bridgehead atoms. The van der Waals surface area contributed by atoms with E-state index in [1.54, 1.807) is 0 Å². The first-order valence-electron chi connectivity index (χ1n) is 2.07. The van der Waals surface area contributed by atoms with Crippen LogP contribution in [0.5, 0.6) is 0 Å². The predicted octanol–water partition coefficient (Wildman–Crippen LogP) is 1.08. The zero-order valence-electron chi connectivity index (χ0n) is 4.68. The lowest BCUT2D eigenvalue weighted by atomic mass is 10.3. The first kappa shape index (κ1) is 8.65. The normalized spacial score (nSPS) is 11.2. The Morgan fingerprint density at radius 3 is 2.33 bits per heavy atom. The summed E-state index contributed by atoms with van der Waals surface area (Å²) in [7, 11) is 0. The van der Waals surface area contributed by atoms with Crippen molar-refractivity contribution >= 4 is 41.1 Å². The summed E-state index contributed by atoms with van der Waals surface area (Å²) in [5.41, 5.74) is -0.313. The molecular formula is C4H5ClN2OS. The third-order valence-electron chi connectivity index (χ3n) is 0.646. The van der Waals surface area contributed by atoms with Gasteiger partial charge in [-0.05, 0) is 12.8 Å². The smallest absolute Gasteiger partial charge is 0.180 e. The third-order valence-corrected chi connectivity index (χ3v) is 1.24. The van der Waals surface area contributed by atoms with E-state index in [9.17, 15) is 4.79 Å². The number of rotatable bonds is 2. The number of hydrogen-bond donors (Lipinski definition) is 2. The average Bonchev–Trinajstić information content (AvgIpc) is 1.84. The van der Waals surface area contributed by atoms with Crippen LogP contribution in [0.4, 0.5) is 0 Å². The lowest BCUT2D eigenvalue weighted by Gasteiger charge is -1.90. The van der Waals surface area contributed by atoms with Crippen LogP contribution in [0.2, 0.25) is 0 Å². The van der Waals surface area contributed by atoms with Crippen molar-refractivity contribution in [2.45, 2.75) is 6.92 Å². The highest BCUT2D eigenvalue weighted by molar-refractivity contribution is 7.79. The van der Waals surface area contributed by atoms with Gasteiger partial charge in [0.05, 0.1) is 0 Å². The fourth-order valence-electron chi connectivity index (χ4n) is 0.195. The van der Waals surface area contributed by atoms with Gasteiger partial charge in [-0.2, -0.15) is 0 Å². The Bertz CT molecular complexity index is 177. The van der Waals surface area contributed by atoms with Crippen molar-refractivity contribution in [1.82, 2.24) is 0 Å². The molecule has 0 atom stereocenters. The number of halogens is 1. The monoisotopic (exact) mass is 164 g/mol. The molecule has 50 valence electrons. The summed E-state index contributed by atoms with van der Waals surface area (Å²) in [5.74, 6) is -0.419. The highest BCUT2D eigenvalue weighted by atomic mass is 35.5. The molecule has 9 heavy (non-hydrogen) atoms. The van der Waals surface area contributed by atoms with Gasteiger partial charge in [0.25, 0.3) is 0 Å². The maximum Gasteiger partial charge on any atom is 0.180 e. The highest BCUT2D eigenvalue weighted by Gasteiger charge is 2.07. The van der Waals surface area contributed by atoms with Crippen LogP contribution in [-0.2, 0) is 4.79 Å². The predicted molar refractivity (Wildman–Crippen MR) is 40.7 cm³/mol. The van der Waals surface area contributed by atoms with Gasteiger partial charge in [-0.25, -0.2) is 4.40 Å². The van der Waals surface area contributed by atoms with E-state index in [0.29, 0.717) is 0 Å². The van der Waals surface area contributed by atoms with E-state index < -0.39 is 5.78 Å². The van der Waals surface area contributed by atoms with Crippen LogP contribution in [0.3, 0.4) is 0 Å². The van der Waals surface area contributed by atoms with Crippen LogP contribution < -0.4 is 0 Å². The summed E-state index contributed by atoms with van der Waals surface area (Å²) in [6.07, 6.45) is 0. The third kappa shape index (κ3) is 2.62. The van der Waals surface area contributed by atoms with Gasteiger partial charge in [-0.1, -0.05) is 11.6 Å². The fraction of sp³-hybridized carbons (Fsp3) is 0.250. The second-order valence-corrected chi connectivity index (χ2v) is 1.88. The number of hydrogen-bond acceptors (Lipinski definition) is 4. The van der Waals surface area contributed by atoms with Gasteiger partial charge in [-0.3, -0.25) is 10.2 Å². The van der Waals surface area contributed by atoms with Crippen molar-refractivity contribution in [1.29, 1.82) is 5.41 Å². The van der Waals surface area contributed by atoms with Gasteiger partial charge < -0.3 is 0 Å². The van der Waals surface area contributed by atoms with Crippen LogP contribution in [0.1, 0.15) is 6.92 Å². The molecule has 0 aromatic heterocycles. The molecule has 0 rings (SSSR count). The van der Waals surface area contributed by atoms with Crippen LogP contribution in [0.25, 0.3) is 0 Å². The minimum atomic E-state index is -0.419. The average molecular weight is 165 g/mol. The number of nitrogens with one attached hydrogen (secondary N) is 1. The number of carbonyl (C=O) groups excluding carboxylic acids is 1. The summed E-state index contributed by atoms with van der Waals surface area (Å²) in [6, 6.07) is 0. The summed E-state index contributed by atoms with van der Waals surface area (Å²) in [6.45, 7) is 1.24.